The summed E-state index contributed by atoms with van der Waals surface area (Å²) in [6.45, 7) is 1.59. The first-order valence-electron chi connectivity index (χ1n) is 9.29. The summed E-state index contributed by atoms with van der Waals surface area (Å²) in [5, 5.41) is 2.78. The minimum absolute atomic E-state index is 0.133. The van der Waals surface area contributed by atoms with Crippen LogP contribution in [0.3, 0.4) is 0 Å². The van der Waals surface area contributed by atoms with E-state index in [2.05, 4.69) is 5.32 Å². The van der Waals surface area contributed by atoms with Crippen molar-refractivity contribution in [2.75, 3.05) is 5.32 Å². The minimum Gasteiger partial charge on any atom is -0.445 e. The highest BCUT2D eigenvalue weighted by Gasteiger charge is 2.42. The van der Waals surface area contributed by atoms with Crippen molar-refractivity contribution < 1.29 is 19.1 Å². The molecule has 0 fully saturated rings. The molecular weight excluding hydrogens is 366 g/mol. The monoisotopic (exact) mass is 385 g/mol. The fourth-order valence-electron chi connectivity index (χ4n) is 3.42. The number of anilines is 1. The lowest BCUT2D eigenvalue weighted by Gasteiger charge is -2.33. The Bertz CT molecular complexity index is 1110. The van der Waals surface area contributed by atoms with Crippen LogP contribution in [0.25, 0.3) is 0 Å². The number of hydrogen-bond acceptors (Lipinski definition) is 4. The van der Waals surface area contributed by atoms with Crippen LogP contribution in [-0.4, -0.2) is 23.3 Å². The molecule has 144 valence electrons. The SMILES string of the molecule is CC1(C(=O)Nc2cccc(C(=O)c3ccccc3)c2)Cc2ccccc2C(=O)O1. The molecule has 1 unspecified atom stereocenters. The number of esters is 1. The summed E-state index contributed by atoms with van der Waals surface area (Å²) in [7, 11) is 0. The van der Waals surface area contributed by atoms with Crippen LogP contribution < -0.4 is 5.32 Å². The number of cyclic esters (lactones) is 1. The molecule has 29 heavy (non-hydrogen) atoms. The number of ketones is 1. The van der Waals surface area contributed by atoms with E-state index < -0.39 is 17.5 Å². The van der Waals surface area contributed by atoms with Crippen molar-refractivity contribution in [3.63, 3.8) is 0 Å². The van der Waals surface area contributed by atoms with Crippen LogP contribution in [-0.2, 0) is 16.0 Å². The van der Waals surface area contributed by atoms with Crippen molar-refractivity contribution in [1.82, 2.24) is 0 Å². The van der Waals surface area contributed by atoms with E-state index in [1.165, 1.54) is 0 Å². The average Bonchev–Trinajstić information content (AvgIpc) is 2.74. The van der Waals surface area contributed by atoms with Gasteiger partial charge in [0, 0.05) is 23.2 Å². The first-order chi connectivity index (χ1) is 14.0. The number of amides is 1. The van der Waals surface area contributed by atoms with E-state index in [1.807, 2.05) is 18.2 Å². The van der Waals surface area contributed by atoms with Gasteiger partial charge in [0.25, 0.3) is 5.91 Å². The standard InChI is InChI=1S/C24H19NO4/c1-24(15-18-10-5-6-13-20(18)22(27)29-24)23(28)25-19-12-7-11-17(14-19)21(26)16-8-3-2-4-9-16/h2-14H,15H2,1H3,(H,25,28). The van der Waals surface area contributed by atoms with Gasteiger partial charge in [-0.1, -0.05) is 60.7 Å². The van der Waals surface area contributed by atoms with E-state index in [-0.39, 0.29) is 12.2 Å². The molecule has 1 aliphatic heterocycles. The molecule has 1 aliphatic rings. The number of rotatable bonds is 4. The van der Waals surface area contributed by atoms with E-state index in [0.717, 1.165) is 5.56 Å². The molecular formula is C24H19NO4. The van der Waals surface area contributed by atoms with Gasteiger partial charge in [-0.3, -0.25) is 9.59 Å². The van der Waals surface area contributed by atoms with Crippen LogP contribution in [0, 0.1) is 0 Å². The zero-order valence-corrected chi connectivity index (χ0v) is 15.8. The largest absolute Gasteiger partial charge is 0.445 e. The van der Waals surface area contributed by atoms with Crippen molar-refractivity contribution in [2.24, 2.45) is 0 Å². The molecule has 0 radical (unpaired) electrons. The molecule has 0 aromatic heterocycles. The van der Waals surface area contributed by atoms with Crippen molar-refractivity contribution >= 4 is 23.3 Å². The normalized spacial score (nSPS) is 17.8. The van der Waals surface area contributed by atoms with Gasteiger partial charge in [0.15, 0.2) is 11.4 Å². The molecule has 1 amide bonds. The Kier molecular flexibility index (Phi) is 4.72. The number of fused-ring (bicyclic) bond motifs is 1. The fraction of sp³-hybridized carbons (Fsp3) is 0.125. The lowest BCUT2D eigenvalue weighted by atomic mass is 9.89. The second-order valence-corrected chi connectivity index (χ2v) is 7.18. The van der Waals surface area contributed by atoms with Gasteiger partial charge in [0.1, 0.15) is 0 Å². The van der Waals surface area contributed by atoms with Crippen molar-refractivity contribution in [3.05, 3.63) is 101 Å². The number of carbonyl (C=O) groups excluding carboxylic acids is 3. The third-order valence-electron chi connectivity index (χ3n) is 4.98. The summed E-state index contributed by atoms with van der Waals surface area (Å²) in [6.07, 6.45) is 0.281. The van der Waals surface area contributed by atoms with Crippen LogP contribution >= 0.6 is 0 Å². The molecule has 5 heteroatoms. The predicted octanol–water partition coefficient (Wildman–Crippen LogP) is 4.03. The summed E-state index contributed by atoms with van der Waals surface area (Å²) in [5.74, 6) is -1.09. The number of benzene rings is 3. The summed E-state index contributed by atoms with van der Waals surface area (Å²) in [6, 6.07) is 22.8. The molecule has 1 N–H and O–H groups in total. The van der Waals surface area contributed by atoms with Crippen LogP contribution in [0.4, 0.5) is 5.69 Å². The Morgan fingerprint density at radius 1 is 0.897 bits per heavy atom. The van der Waals surface area contributed by atoms with E-state index in [9.17, 15) is 14.4 Å². The Hall–Kier alpha value is -3.73. The zero-order chi connectivity index (χ0) is 20.4. The molecule has 3 aromatic carbocycles. The van der Waals surface area contributed by atoms with Gasteiger partial charge >= 0.3 is 5.97 Å². The summed E-state index contributed by atoms with van der Waals surface area (Å²) < 4.78 is 5.46. The van der Waals surface area contributed by atoms with E-state index >= 15 is 0 Å². The summed E-state index contributed by atoms with van der Waals surface area (Å²) >= 11 is 0. The average molecular weight is 385 g/mol. The van der Waals surface area contributed by atoms with E-state index in [0.29, 0.717) is 22.4 Å². The first kappa shape index (κ1) is 18.6. The quantitative estimate of drug-likeness (QED) is 0.544. The molecule has 0 saturated heterocycles. The van der Waals surface area contributed by atoms with Crippen molar-refractivity contribution in [3.8, 4) is 0 Å². The maximum absolute atomic E-state index is 12.9. The Labute approximate surface area is 168 Å². The number of nitrogens with one attached hydrogen (secondary N) is 1. The topological polar surface area (TPSA) is 72.5 Å². The highest BCUT2D eigenvalue weighted by atomic mass is 16.6. The van der Waals surface area contributed by atoms with Gasteiger partial charge in [-0.25, -0.2) is 4.79 Å². The van der Waals surface area contributed by atoms with E-state index in [1.54, 1.807) is 67.6 Å². The second kappa shape index (κ2) is 7.36. The zero-order valence-electron chi connectivity index (χ0n) is 15.8. The van der Waals surface area contributed by atoms with Crippen LogP contribution in [0.2, 0.25) is 0 Å². The molecule has 0 aliphatic carbocycles. The maximum atomic E-state index is 12.9. The van der Waals surface area contributed by atoms with Gasteiger partial charge in [0.2, 0.25) is 0 Å². The predicted molar refractivity (Wildman–Crippen MR) is 109 cm³/mol. The van der Waals surface area contributed by atoms with Crippen molar-refractivity contribution in [2.45, 2.75) is 18.9 Å². The van der Waals surface area contributed by atoms with E-state index in [4.69, 9.17) is 4.74 Å². The lowest BCUT2D eigenvalue weighted by Crippen LogP contribution is -2.48. The highest BCUT2D eigenvalue weighted by molar-refractivity contribution is 6.10. The van der Waals surface area contributed by atoms with Crippen molar-refractivity contribution in [1.29, 1.82) is 0 Å². The Morgan fingerprint density at radius 2 is 1.59 bits per heavy atom. The number of carbonyl (C=O) groups is 3. The van der Waals surface area contributed by atoms with Gasteiger partial charge in [-0.05, 0) is 30.7 Å². The summed E-state index contributed by atoms with van der Waals surface area (Å²) in [5.41, 5.74) is 1.42. The molecule has 1 atom stereocenters. The van der Waals surface area contributed by atoms with Gasteiger partial charge in [0.05, 0.1) is 5.56 Å². The molecule has 4 rings (SSSR count). The molecule has 1 heterocycles. The molecule has 3 aromatic rings. The molecule has 0 bridgehead atoms. The molecule has 5 nitrogen and oxygen atoms in total. The second-order valence-electron chi connectivity index (χ2n) is 7.18. The first-order valence-corrected chi connectivity index (χ1v) is 9.29. The van der Waals surface area contributed by atoms with Crippen LogP contribution in [0.1, 0.15) is 38.8 Å². The molecule has 0 saturated carbocycles. The third-order valence-corrected chi connectivity index (χ3v) is 4.98. The van der Waals surface area contributed by atoms with Crippen LogP contribution in [0.15, 0.2) is 78.9 Å². The van der Waals surface area contributed by atoms with Gasteiger partial charge in [-0.15, -0.1) is 0 Å². The van der Waals surface area contributed by atoms with Gasteiger partial charge < -0.3 is 10.1 Å². The highest BCUT2D eigenvalue weighted by Crippen LogP contribution is 2.29. The minimum atomic E-state index is -1.33. The number of ether oxygens (including phenoxy) is 1. The lowest BCUT2D eigenvalue weighted by molar-refractivity contribution is -0.134. The maximum Gasteiger partial charge on any atom is 0.339 e. The smallest absolute Gasteiger partial charge is 0.339 e. The third kappa shape index (κ3) is 3.67. The Morgan fingerprint density at radius 3 is 2.38 bits per heavy atom. The van der Waals surface area contributed by atoms with Gasteiger partial charge in [-0.2, -0.15) is 0 Å². The Balaban J connectivity index is 1.55. The summed E-state index contributed by atoms with van der Waals surface area (Å²) in [4.78, 5) is 37.9. The fourth-order valence-corrected chi connectivity index (χ4v) is 3.42. The van der Waals surface area contributed by atoms with Crippen LogP contribution in [0.5, 0.6) is 0 Å². The molecule has 0 spiro atoms. The number of hydrogen-bond donors (Lipinski definition) is 1.